The standard InChI is InChI=1S/C23H27FO5/c1-15(2)5-11-18-20(29-14-27-3)13-21(28-4)22(23(18)26)19(25)12-8-16-6-9-17(24)10-7-16/h5-7,9-10,13,26H,8,11-12,14H2,1-4H3. The molecule has 0 atom stereocenters. The van der Waals surface area contributed by atoms with Gasteiger partial charge in [-0.15, -0.1) is 0 Å². The van der Waals surface area contributed by atoms with Crippen LogP contribution >= 0.6 is 0 Å². The molecule has 0 heterocycles. The first-order valence-electron chi connectivity index (χ1n) is 9.33. The van der Waals surface area contributed by atoms with Crippen molar-refractivity contribution in [2.24, 2.45) is 0 Å². The number of methoxy groups -OCH3 is 2. The number of benzene rings is 2. The Balaban J connectivity index is 2.37. The minimum Gasteiger partial charge on any atom is -0.507 e. The molecule has 156 valence electrons. The lowest BCUT2D eigenvalue weighted by Crippen LogP contribution is -2.09. The van der Waals surface area contributed by atoms with Crippen molar-refractivity contribution < 1.29 is 28.5 Å². The summed E-state index contributed by atoms with van der Waals surface area (Å²) in [7, 11) is 2.93. The van der Waals surface area contributed by atoms with Crippen LogP contribution in [0.4, 0.5) is 4.39 Å². The molecule has 0 aromatic heterocycles. The highest BCUT2D eigenvalue weighted by atomic mass is 19.1. The Labute approximate surface area is 170 Å². The van der Waals surface area contributed by atoms with Gasteiger partial charge in [0.1, 0.15) is 28.6 Å². The molecule has 5 nitrogen and oxygen atoms in total. The maximum atomic E-state index is 13.1. The van der Waals surface area contributed by atoms with E-state index >= 15 is 0 Å². The third kappa shape index (κ3) is 6.06. The summed E-state index contributed by atoms with van der Waals surface area (Å²) in [5, 5.41) is 10.9. The highest BCUT2D eigenvalue weighted by Gasteiger charge is 2.24. The molecule has 0 aliphatic carbocycles. The van der Waals surface area contributed by atoms with Crippen LogP contribution in [0.1, 0.15) is 41.8 Å². The lowest BCUT2D eigenvalue weighted by molar-refractivity contribution is 0.0501. The minimum atomic E-state index is -0.324. The molecule has 0 saturated heterocycles. The fourth-order valence-electron chi connectivity index (χ4n) is 2.88. The van der Waals surface area contributed by atoms with Crippen molar-refractivity contribution in [3.05, 3.63) is 64.5 Å². The van der Waals surface area contributed by atoms with E-state index in [1.54, 1.807) is 18.2 Å². The first-order valence-corrected chi connectivity index (χ1v) is 9.33. The number of hydrogen-bond donors (Lipinski definition) is 1. The van der Waals surface area contributed by atoms with E-state index in [4.69, 9.17) is 14.2 Å². The number of phenols is 1. The van der Waals surface area contributed by atoms with Gasteiger partial charge in [0.2, 0.25) is 0 Å². The lowest BCUT2D eigenvalue weighted by Gasteiger charge is -2.17. The van der Waals surface area contributed by atoms with Crippen LogP contribution in [0.15, 0.2) is 42.0 Å². The summed E-state index contributed by atoms with van der Waals surface area (Å²) >= 11 is 0. The van der Waals surface area contributed by atoms with Crippen molar-refractivity contribution in [3.8, 4) is 17.2 Å². The van der Waals surface area contributed by atoms with Crippen molar-refractivity contribution in [1.82, 2.24) is 0 Å². The van der Waals surface area contributed by atoms with E-state index in [1.165, 1.54) is 26.4 Å². The van der Waals surface area contributed by atoms with Crippen LogP contribution in [0, 0.1) is 5.82 Å². The van der Waals surface area contributed by atoms with E-state index in [2.05, 4.69) is 0 Å². The number of rotatable bonds is 10. The molecule has 0 spiro atoms. The Morgan fingerprint density at radius 1 is 1.14 bits per heavy atom. The predicted molar refractivity (Wildman–Crippen MR) is 109 cm³/mol. The average molecular weight is 402 g/mol. The van der Waals surface area contributed by atoms with Gasteiger partial charge in [0.15, 0.2) is 12.6 Å². The van der Waals surface area contributed by atoms with Gasteiger partial charge in [0.25, 0.3) is 0 Å². The first-order chi connectivity index (χ1) is 13.9. The summed E-state index contributed by atoms with van der Waals surface area (Å²) in [6.07, 6.45) is 2.91. The lowest BCUT2D eigenvalue weighted by atomic mass is 9.96. The maximum Gasteiger partial charge on any atom is 0.188 e. The molecule has 2 aromatic rings. The van der Waals surface area contributed by atoms with Crippen molar-refractivity contribution in [2.75, 3.05) is 21.0 Å². The zero-order valence-electron chi connectivity index (χ0n) is 17.3. The molecule has 0 unspecified atom stereocenters. The summed E-state index contributed by atoms with van der Waals surface area (Å²) in [5.41, 5.74) is 2.52. The van der Waals surface area contributed by atoms with Crippen LogP contribution in [-0.2, 0) is 17.6 Å². The Morgan fingerprint density at radius 2 is 1.83 bits per heavy atom. The Kier molecular flexibility index (Phi) is 8.21. The molecular formula is C23H27FO5. The number of Topliss-reactive ketones (excluding diaryl/α,β-unsaturated/α-hetero) is 1. The number of phenolic OH excluding ortho intramolecular Hbond substituents is 1. The molecule has 0 fully saturated rings. The SMILES string of the molecule is COCOc1cc(OC)c(C(=O)CCc2ccc(F)cc2)c(O)c1CC=C(C)C. The molecule has 1 N–H and O–H groups in total. The van der Waals surface area contributed by atoms with Gasteiger partial charge in [-0.2, -0.15) is 0 Å². The van der Waals surface area contributed by atoms with Crippen molar-refractivity contribution in [2.45, 2.75) is 33.1 Å². The van der Waals surface area contributed by atoms with Crippen LogP contribution in [0.3, 0.4) is 0 Å². The Morgan fingerprint density at radius 3 is 2.41 bits per heavy atom. The molecule has 0 saturated carbocycles. The minimum absolute atomic E-state index is 0.00226. The van der Waals surface area contributed by atoms with Crippen LogP contribution in [0.25, 0.3) is 0 Å². The highest BCUT2D eigenvalue weighted by Crippen LogP contribution is 2.40. The third-order valence-electron chi connectivity index (χ3n) is 4.43. The summed E-state index contributed by atoms with van der Waals surface area (Å²) in [6.45, 7) is 3.90. The van der Waals surface area contributed by atoms with E-state index in [0.29, 0.717) is 24.2 Å². The number of carbonyl (C=O) groups is 1. The van der Waals surface area contributed by atoms with Crippen LogP contribution in [-0.4, -0.2) is 31.9 Å². The van der Waals surface area contributed by atoms with Crippen molar-refractivity contribution in [3.63, 3.8) is 0 Å². The van der Waals surface area contributed by atoms with Crippen molar-refractivity contribution >= 4 is 5.78 Å². The zero-order valence-corrected chi connectivity index (χ0v) is 17.3. The molecule has 0 amide bonds. The van der Waals surface area contributed by atoms with Crippen LogP contribution < -0.4 is 9.47 Å². The maximum absolute atomic E-state index is 13.1. The fraction of sp³-hybridized carbons (Fsp3) is 0.348. The molecule has 0 bridgehead atoms. The normalized spacial score (nSPS) is 10.5. The van der Waals surface area contributed by atoms with Gasteiger partial charge in [-0.1, -0.05) is 23.8 Å². The number of hydrogen-bond acceptors (Lipinski definition) is 5. The largest absolute Gasteiger partial charge is 0.507 e. The van der Waals surface area contributed by atoms with Gasteiger partial charge in [-0.05, 0) is 44.4 Å². The molecule has 2 aromatic carbocycles. The molecule has 2 rings (SSSR count). The molecular weight excluding hydrogens is 375 g/mol. The zero-order chi connectivity index (χ0) is 21.4. The smallest absolute Gasteiger partial charge is 0.188 e. The number of allylic oxidation sites excluding steroid dienone is 2. The van der Waals surface area contributed by atoms with Gasteiger partial charge in [-0.25, -0.2) is 4.39 Å². The average Bonchev–Trinajstić information content (AvgIpc) is 2.70. The highest BCUT2D eigenvalue weighted by molar-refractivity contribution is 6.02. The summed E-state index contributed by atoms with van der Waals surface area (Å²) in [4.78, 5) is 12.9. The second-order valence-electron chi connectivity index (χ2n) is 6.87. The Bertz CT molecular complexity index is 868. The number of ketones is 1. The number of carbonyl (C=O) groups excluding carboxylic acids is 1. The molecule has 0 radical (unpaired) electrons. The monoisotopic (exact) mass is 402 g/mol. The number of ether oxygens (including phenoxy) is 3. The van der Waals surface area contributed by atoms with Gasteiger partial charge in [-0.3, -0.25) is 4.79 Å². The topological polar surface area (TPSA) is 65.0 Å². The molecule has 0 aliphatic rings. The van der Waals surface area contributed by atoms with E-state index in [9.17, 15) is 14.3 Å². The second kappa shape index (κ2) is 10.6. The van der Waals surface area contributed by atoms with E-state index in [1.807, 2.05) is 19.9 Å². The summed E-state index contributed by atoms with van der Waals surface area (Å²) < 4.78 is 28.9. The third-order valence-corrected chi connectivity index (χ3v) is 4.43. The molecule has 6 heteroatoms. The second-order valence-corrected chi connectivity index (χ2v) is 6.87. The Hall–Kier alpha value is -2.86. The van der Waals surface area contributed by atoms with Gasteiger partial charge < -0.3 is 19.3 Å². The number of aryl methyl sites for hydroxylation is 1. The quantitative estimate of drug-likeness (QED) is 0.350. The van der Waals surface area contributed by atoms with Gasteiger partial charge >= 0.3 is 0 Å². The summed E-state index contributed by atoms with van der Waals surface area (Å²) in [5.74, 6) is -0.111. The molecule has 29 heavy (non-hydrogen) atoms. The van der Waals surface area contributed by atoms with E-state index in [-0.39, 0.29) is 41.9 Å². The van der Waals surface area contributed by atoms with E-state index < -0.39 is 0 Å². The van der Waals surface area contributed by atoms with Crippen LogP contribution in [0.2, 0.25) is 0 Å². The first kappa shape index (κ1) is 22.4. The van der Waals surface area contributed by atoms with Crippen molar-refractivity contribution in [1.29, 1.82) is 0 Å². The van der Waals surface area contributed by atoms with Gasteiger partial charge in [0.05, 0.1) is 7.11 Å². The van der Waals surface area contributed by atoms with Gasteiger partial charge in [0, 0.05) is 25.2 Å². The van der Waals surface area contributed by atoms with E-state index in [0.717, 1.165) is 11.1 Å². The number of aromatic hydroxyl groups is 1. The fourth-order valence-corrected chi connectivity index (χ4v) is 2.88. The van der Waals surface area contributed by atoms with Crippen LogP contribution in [0.5, 0.6) is 17.2 Å². The number of halogens is 1. The molecule has 0 aliphatic heterocycles. The predicted octanol–water partition coefficient (Wildman–Crippen LogP) is 4.85. The summed E-state index contributed by atoms with van der Waals surface area (Å²) in [6, 6.07) is 7.59.